The Balaban J connectivity index is 1.34. The third-order valence-electron chi connectivity index (χ3n) is 8.76. The lowest BCUT2D eigenvalue weighted by atomic mass is 9.68. The third kappa shape index (κ3) is 4.78. The zero-order valence-electron chi connectivity index (χ0n) is 21.7. The Labute approximate surface area is 218 Å². The second-order valence-corrected chi connectivity index (χ2v) is 11.0. The van der Waals surface area contributed by atoms with Crippen molar-refractivity contribution >= 4 is 17.8 Å². The van der Waals surface area contributed by atoms with Gasteiger partial charge < -0.3 is 15.1 Å². The highest BCUT2D eigenvalue weighted by Gasteiger charge is 2.55. The SMILES string of the molecule is CN(C)[C@]1(c2ccccc2)CC[C@@]2(CC1)CN(CC(=O)Nc1ccnc(C#N)n1)C(=O)N2CC1CCC1. The maximum atomic E-state index is 13.7. The first-order valence-electron chi connectivity index (χ1n) is 13.2. The Morgan fingerprint density at radius 3 is 2.51 bits per heavy atom. The van der Waals surface area contributed by atoms with Crippen LogP contribution in [-0.2, 0) is 10.3 Å². The van der Waals surface area contributed by atoms with Crippen LogP contribution >= 0.6 is 0 Å². The first kappa shape index (κ1) is 25.2. The quantitative estimate of drug-likeness (QED) is 0.622. The fraction of sp³-hybridized carbons (Fsp3) is 0.536. The largest absolute Gasteiger partial charge is 0.321 e. The number of nitrogens with zero attached hydrogens (tertiary/aromatic N) is 6. The Kier molecular flexibility index (Phi) is 6.86. The molecule has 3 aliphatic rings. The average Bonchev–Trinajstić information content (AvgIpc) is 3.12. The van der Waals surface area contributed by atoms with E-state index in [1.54, 1.807) is 11.0 Å². The van der Waals surface area contributed by atoms with Crippen LogP contribution in [0.15, 0.2) is 42.6 Å². The molecule has 1 aliphatic heterocycles. The van der Waals surface area contributed by atoms with Gasteiger partial charge in [-0.25, -0.2) is 14.8 Å². The van der Waals surface area contributed by atoms with E-state index in [-0.39, 0.29) is 41.2 Å². The van der Waals surface area contributed by atoms with Crippen LogP contribution in [0.3, 0.4) is 0 Å². The standard InChI is InChI=1S/C28H35N7O2/c1-33(2)28(22-9-4-3-5-10-22)14-12-27(13-15-28)20-34(26(37)35(27)18-21-7-6-8-21)19-25(36)32-23-11-16-30-24(17-29)31-23/h3-5,9-11,16,21H,6-8,12-15,18-20H2,1-2H3,(H,30,31,32,36)/t27-,28-. The minimum atomic E-state index is -0.320. The van der Waals surface area contributed by atoms with Gasteiger partial charge in [-0.05, 0) is 70.2 Å². The summed E-state index contributed by atoms with van der Waals surface area (Å²) in [4.78, 5) is 40.6. The van der Waals surface area contributed by atoms with Gasteiger partial charge >= 0.3 is 6.03 Å². The molecular weight excluding hydrogens is 466 g/mol. The van der Waals surface area contributed by atoms with Crippen molar-refractivity contribution in [3.63, 3.8) is 0 Å². The molecule has 0 bridgehead atoms. The topological polar surface area (TPSA) is 105 Å². The number of urea groups is 1. The molecule has 0 radical (unpaired) electrons. The van der Waals surface area contributed by atoms with Crippen LogP contribution in [0.5, 0.6) is 0 Å². The number of rotatable bonds is 7. The molecule has 9 nitrogen and oxygen atoms in total. The average molecular weight is 502 g/mol. The van der Waals surface area contributed by atoms with Crippen LogP contribution in [0.4, 0.5) is 10.6 Å². The van der Waals surface area contributed by atoms with Crippen molar-refractivity contribution < 1.29 is 9.59 Å². The number of hydrogen-bond acceptors (Lipinski definition) is 6. The van der Waals surface area contributed by atoms with Gasteiger partial charge in [-0.2, -0.15) is 5.26 Å². The van der Waals surface area contributed by atoms with Crippen molar-refractivity contribution in [1.29, 1.82) is 5.26 Å². The molecule has 3 amide bonds. The molecule has 1 spiro atoms. The monoisotopic (exact) mass is 501 g/mol. The van der Waals surface area contributed by atoms with Crippen molar-refractivity contribution in [2.45, 2.75) is 56.0 Å². The molecule has 194 valence electrons. The molecule has 5 rings (SSSR count). The summed E-state index contributed by atoms with van der Waals surface area (Å²) in [6.07, 6.45) is 8.70. The van der Waals surface area contributed by atoms with Crippen molar-refractivity contribution in [1.82, 2.24) is 24.7 Å². The number of carbonyl (C=O) groups excluding carboxylic acids is 2. The van der Waals surface area contributed by atoms with Gasteiger partial charge in [0.2, 0.25) is 11.7 Å². The van der Waals surface area contributed by atoms with Crippen LogP contribution < -0.4 is 5.32 Å². The van der Waals surface area contributed by atoms with Crippen molar-refractivity contribution in [3.05, 3.63) is 54.0 Å². The number of nitriles is 1. The smallest absolute Gasteiger partial charge is 0.317 e. The van der Waals surface area contributed by atoms with Gasteiger partial charge in [0.15, 0.2) is 0 Å². The highest BCUT2D eigenvalue weighted by atomic mass is 16.2. The molecule has 2 saturated carbocycles. The first-order valence-corrected chi connectivity index (χ1v) is 13.2. The number of hydrogen-bond donors (Lipinski definition) is 1. The van der Waals surface area contributed by atoms with Gasteiger partial charge in [0.1, 0.15) is 18.4 Å². The molecule has 1 N–H and O–H groups in total. The minimum Gasteiger partial charge on any atom is -0.317 e. The molecular formula is C28H35N7O2. The van der Waals surface area contributed by atoms with Crippen LogP contribution in [0, 0.1) is 17.2 Å². The second-order valence-electron chi connectivity index (χ2n) is 11.0. The van der Waals surface area contributed by atoms with Gasteiger partial charge in [-0.15, -0.1) is 0 Å². The van der Waals surface area contributed by atoms with Crippen LogP contribution in [0.25, 0.3) is 0 Å². The van der Waals surface area contributed by atoms with E-state index in [2.05, 4.69) is 69.5 Å². The molecule has 1 saturated heterocycles. The van der Waals surface area contributed by atoms with E-state index in [0.717, 1.165) is 32.2 Å². The molecule has 0 unspecified atom stereocenters. The van der Waals surface area contributed by atoms with E-state index in [4.69, 9.17) is 5.26 Å². The van der Waals surface area contributed by atoms with E-state index in [1.165, 1.54) is 31.0 Å². The highest BCUT2D eigenvalue weighted by Crippen LogP contribution is 2.49. The summed E-state index contributed by atoms with van der Waals surface area (Å²) in [5.74, 6) is 0.486. The van der Waals surface area contributed by atoms with Gasteiger partial charge in [-0.3, -0.25) is 9.69 Å². The summed E-state index contributed by atoms with van der Waals surface area (Å²) in [6.45, 7) is 1.29. The Morgan fingerprint density at radius 1 is 1.16 bits per heavy atom. The summed E-state index contributed by atoms with van der Waals surface area (Å²) in [6, 6.07) is 14.1. The summed E-state index contributed by atoms with van der Waals surface area (Å²) >= 11 is 0. The molecule has 2 heterocycles. The highest BCUT2D eigenvalue weighted by molar-refractivity contribution is 5.94. The van der Waals surface area contributed by atoms with E-state index >= 15 is 0 Å². The van der Waals surface area contributed by atoms with E-state index in [1.807, 2.05) is 6.07 Å². The molecule has 1 aromatic heterocycles. The van der Waals surface area contributed by atoms with Gasteiger partial charge in [0.25, 0.3) is 0 Å². The lowest BCUT2D eigenvalue weighted by Crippen LogP contribution is -2.56. The summed E-state index contributed by atoms with van der Waals surface area (Å²) in [5, 5.41) is 11.7. The van der Waals surface area contributed by atoms with Gasteiger partial charge in [-0.1, -0.05) is 36.8 Å². The summed E-state index contributed by atoms with van der Waals surface area (Å²) in [7, 11) is 4.30. The number of benzene rings is 1. The fourth-order valence-corrected chi connectivity index (χ4v) is 6.35. The first-order chi connectivity index (χ1) is 17.8. The van der Waals surface area contributed by atoms with Gasteiger partial charge in [0.05, 0.1) is 5.54 Å². The number of amides is 3. The molecule has 1 aromatic carbocycles. The second kappa shape index (κ2) is 10.1. The zero-order chi connectivity index (χ0) is 26.0. The Morgan fingerprint density at radius 2 is 1.89 bits per heavy atom. The maximum absolute atomic E-state index is 13.7. The van der Waals surface area contributed by atoms with Gasteiger partial charge in [0, 0.05) is 24.8 Å². The van der Waals surface area contributed by atoms with Crippen LogP contribution in [-0.4, -0.2) is 75.9 Å². The number of nitrogens with one attached hydrogen (secondary N) is 1. The summed E-state index contributed by atoms with van der Waals surface area (Å²) < 4.78 is 0. The van der Waals surface area contributed by atoms with E-state index < -0.39 is 0 Å². The molecule has 2 aromatic rings. The van der Waals surface area contributed by atoms with Crippen molar-refractivity contribution in [2.24, 2.45) is 5.92 Å². The lowest BCUT2D eigenvalue weighted by Gasteiger charge is -2.51. The van der Waals surface area contributed by atoms with Crippen LogP contribution in [0.1, 0.15) is 56.3 Å². The normalized spacial score (nSPS) is 25.8. The molecule has 0 atom stereocenters. The predicted molar refractivity (Wildman–Crippen MR) is 139 cm³/mol. The van der Waals surface area contributed by atoms with Crippen molar-refractivity contribution in [3.8, 4) is 6.07 Å². The van der Waals surface area contributed by atoms with Crippen molar-refractivity contribution in [2.75, 3.05) is 39.0 Å². The zero-order valence-corrected chi connectivity index (χ0v) is 21.7. The molecule has 9 heteroatoms. The molecule has 2 aliphatic carbocycles. The lowest BCUT2D eigenvalue weighted by molar-refractivity contribution is -0.116. The predicted octanol–water partition coefficient (Wildman–Crippen LogP) is 3.59. The number of anilines is 1. The van der Waals surface area contributed by atoms with E-state index in [9.17, 15) is 9.59 Å². The summed E-state index contributed by atoms with van der Waals surface area (Å²) in [5.41, 5.74) is 1.00. The Bertz CT molecular complexity index is 1180. The number of carbonyl (C=O) groups is 2. The maximum Gasteiger partial charge on any atom is 0.321 e. The molecule has 3 fully saturated rings. The third-order valence-corrected chi connectivity index (χ3v) is 8.76. The van der Waals surface area contributed by atoms with Crippen LogP contribution in [0.2, 0.25) is 0 Å². The number of aromatic nitrogens is 2. The minimum absolute atomic E-state index is 0.00864. The molecule has 37 heavy (non-hydrogen) atoms. The Hall–Kier alpha value is -3.51. The fourth-order valence-electron chi connectivity index (χ4n) is 6.35. The van der Waals surface area contributed by atoms with E-state index in [0.29, 0.717) is 12.5 Å².